The van der Waals surface area contributed by atoms with E-state index in [-0.39, 0.29) is 22.0 Å². The highest BCUT2D eigenvalue weighted by Crippen LogP contribution is 2.56. The molecule has 5 rings (SSSR count). The molecule has 5 N–H and O–H groups in total. The number of aromatic nitrogens is 4. The number of nitrogens with two attached hydrogens (primary N) is 1. The molecule has 0 saturated carbocycles. The molecule has 1 amide bonds. The fraction of sp³-hybridized carbons (Fsp3) is 0.586. The highest BCUT2D eigenvalue weighted by Gasteiger charge is 2.64. The van der Waals surface area contributed by atoms with Crippen LogP contribution in [0.2, 0.25) is 18.1 Å². The molecular weight excluding hydrogens is 659 g/mol. The molecule has 1 aliphatic heterocycles. The van der Waals surface area contributed by atoms with Gasteiger partial charge in [0.25, 0.3) is 0 Å². The first kappa shape index (κ1) is 35.2. The Morgan fingerprint density at radius 1 is 1.21 bits per heavy atom. The molecule has 3 aromatic rings. The second-order valence-electron chi connectivity index (χ2n) is 13.6. The number of carbonyl (C=O) groups excluding carboxylic acids is 1. The molecular formula is C29H40F2N6O8SSi. The zero-order chi connectivity index (χ0) is 34.7. The average Bonchev–Trinajstić information content (AvgIpc) is 3.58. The number of ether oxygens (including phenoxy) is 1. The molecule has 2 aromatic heterocycles. The van der Waals surface area contributed by atoms with Crippen LogP contribution < -0.4 is 10.5 Å². The molecule has 0 radical (unpaired) electrons. The number of hydrogen-bond acceptors (Lipinski definition) is 12. The van der Waals surface area contributed by atoms with Gasteiger partial charge in [-0.05, 0) is 35.7 Å². The molecule has 47 heavy (non-hydrogen) atoms. The molecule has 3 heterocycles. The quantitative estimate of drug-likeness (QED) is 0.226. The summed E-state index contributed by atoms with van der Waals surface area (Å²) in [6.07, 6.45) is -3.39. The summed E-state index contributed by atoms with van der Waals surface area (Å²) >= 11 is 0. The molecule has 6 atom stereocenters. The third-order valence-electron chi connectivity index (χ3n) is 9.53. The Balaban J connectivity index is 1.28. The van der Waals surface area contributed by atoms with Crippen molar-refractivity contribution in [2.45, 2.75) is 94.7 Å². The minimum absolute atomic E-state index is 0.168. The molecule has 1 aromatic carbocycles. The van der Waals surface area contributed by atoms with Crippen molar-refractivity contribution in [1.82, 2.24) is 24.2 Å². The summed E-state index contributed by atoms with van der Waals surface area (Å²) < 4.78 is 77.0. The minimum Gasteiger partial charge on any atom is -0.409 e. The molecule has 0 bridgehead atoms. The van der Waals surface area contributed by atoms with Crippen LogP contribution in [0, 0.1) is 5.92 Å². The monoisotopic (exact) mass is 698 g/mol. The lowest BCUT2D eigenvalue weighted by molar-refractivity contribution is -0.226. The van der Waals surface area contributed by atoms with Gasteiger partial charge in [-0.3, -0.25) is 13.5 Å². The Hall–Kier alpha value is -3.13. The number of carbonyl (C=O) groups is 1. The lowest BCUT2D eigenvalue weighted by Gasteiger charge is -2.40. The van der Waals surface area contributed by atoms with Crippen molar-refractivity contribution in [2.75, 3.05) is 12.3 Å². The van der Waals surface area contributed by atoms with Crippen LogP contribution in [0.15, 0.2) is 36.9 Å². The van der Waals surface area contributed by atoms with Gasteiger partial charge in [-0.1, -0.05) is 52.0 Å². The van der Waals surface area contributed by atoms with E-state index in [1.807, 2.05) is 6.92 Å². The van der Waals surface area contributed by atoms with E-state index in [1.54, 1.807) is 9.29 Å². The Morgan fingerprint density at radius 3 is 2.57 bits per heavy atom. The van der Waals surface area contributed by atoms with E-state index in [9.17, 15) is 32.2 Å². The van der Waals surface area contributed by atoms with Crippen LogP contribution in [0.4, 0.5) is 14.6 Å². The Morgan fingerprint density at radius 2 is 1.89 bits per heavy atom. The molecule has 258 valence electrons. The predicted octanol–water partition coefficient (Wildman–Crippen LogP) is 3.06. The lowest BCUT2D eigenvalue weighted by Crippen LogP contribution is -2.47. The van der Waals surface area contributed by atoms with E-state index in [1.165, 1.54) is 36.9 Å². The SMILES string of the molecule is C[C@H]1[C@@H](O[Si](C)(C)C(C)(C)C)[C@H](n2cnc3c(N)ncnc32)O[C@@H]1COS(=O)(=O)NC(=O)CC[C@@]1(O)c2ccccc2[C@@H](O)C1(F)F. The average molecular weight is 699 g/mol. The molecule has 0 unspecified atom stereocenters. The second kappa shape index (κ2) is 12.1. The van der Waals surface area contributed by atoms with Crippen molar-refractivity contribution >= 4 is 41.5 Å². The summed E-state index contributed by atoms with van der Waals surface area (Å²) in [5, 5.41) is 20.8. The minimum atomic E-state index is -4.73. The fourth-order valence-electron chi connectivity index (χ4n) is 5.69. The van der Waals surface area contributed by atoms with Gasteiger partial charge in [0.05, 0.1) is 25.1 Å². The number of nitrogen functional groups attached to an aromatic ring is 1. The summed E-state index contributed by atoms with van der Waals surface area (Å²) in [6, 6.07) is 5.32. The standard InChI is InChI=1S/C29H40F2N6O8SSi/c1-16-19(44-26(22(16)45-47(5,6)27(2,3)4)37-15-35-21-24(32)33-14-34-25(21)37)13-43-46(41,42)36-20(38)11-12-28(40)18-10-8-7-9-17(18)23(39)29(28,30)31/h7-10,14-16,19,22-23,26,39-40H,11-13H2,1-6H3,(H,36,38)(H2,32,33,34)/t16-,19-,22-,23-,26-,28-/m1/s1. The molecule has 1 fully saturated rings. The van der Waals surface area contributed by atoms with Gasteiger partial charge in [0.1, 0.15) is 17.9 Å². The predicted molar refractivity (Wildman–Crippen MR) is 167 cm³/mol. The molecule has 1 saturated heterocycles. The largest absolute Gasteiger partial charge is 0.409 e. The zero-order valence-corrected chi connectivity index (χ0v) is 28.7. The number of anilines is 1. The molecule has 14 nitrogen and oxygen atoms in total. The first-order valence-electron chi connectivity index (χ1n) is 15.0. The molecule has 1 aliphatic carbocycles. The molecule has 18 heteroatoms. The number of imidazole rings is 1. The van der Waals surface area contributed by atoms with E-state index >= 15 is 0 Å². The van der Waals surface area contributed by atoms with Crippen molar-refractivity contribution < 1.29 is 45.6 Å². The maximum atomic E-state index is 14.9. The highest BCUT2D eigenvalue weighted by atomic mass is 32.2. The maximum Gasteiger partial charge on any atom is 0.362 e. The lowest BCUT2D eigenvalue weighted by atomic mass is 9.88. The van der Waals surface area contributed by atoms with Crippen LogP contribution in [0.3, 0.4) is 0 Å². The van der Waals surface area contributed by atoms with Crippen molar-refractivity contribution in [3.63, 3.8) is 0 Å². The summed E-state index contributed by atoms with van der Waals surface area (Å²) in [7, 11) is -7.13. The van der Waals surface area contributed by atoms with E-state index in [0.717, 1.165) is 0 Å². The number of amides is 1. The van der Waals surface area contributed by atoms with Gasteiger partial charge in [0.15, 0.2) is 31.6 Å². The van der Waals surface area contributed by atoms with Crippen molar-refractivity contribution in [1.29, 1.82) is 0 Å². The van der Waals surface area contributed by atoms with Crippen LogP contribution in [0.25, 0.3) is 11.2 Å². The van der Waals surface area contributed by atoms with Gasteiger partial charge >= 0.3 is 16.2 Å². The number of fused-ring (bicyclic) bond motifs is 2. The van der Waals surface area contributed by atoms with Gasteiger partial charge < -0.3 is 25.1 Å². The number of aliphatic hydroxyl groups excluding tert-OH is 1. The summed E-state index contributed by atoms with van der Waals surface area (Å²) in [6.45, 7) is 11.7. The number of alkyl halides is 2. The van der Waals surface area contributed by atoms with Crippen molar-refractivity contribution in [3.8, 4) is 0 Å². The van der Waals surface area contributed by atoms with Gasteiger partial charge in [-0.15, -0.1) is 0 Å². The third kappa shape index (κ3) is 6.27. The van der Waals surface area contributed by atoms with E-state index in [2.05, 4.69) is 48.8 Å². The number of nitrogens with one attached hydrogen (secondary N) is 1. The normalized spacial score (nSPS) is 27.7. The van der Waals surface area contributed by atoms with Crippen LogP contribution in [-0.2, 0) is 34.0 Å². The number of benzene rings is 1. The zero-order valence-electron chi connectivity index (χ0n) is 26.8. The van der Waals surface area contributed by atoms with Crippen molar-refractivity contribution in [2.24, 2.45) is 5.92 Å². The topological polar surface area (TPSA) is 201 Å². The molecule has 2 aliphatic rings. The van der Waals surface area contributed by atoms with Gasteiger partial charge in [0, 0.05) is 12.3 Å². The Bertz CT molecular complexity index is 1770. The summed E-state index contributed by atoms with van der Waals surface area (Å²) in [5.74, 6) is -5.44. The van der Waals surface area contributed by atoms with Crippen LogP contribution in [-0.4, -0.2) is 77.1 Å². The van der Waals surface area contributed by atoms with Gasteiger partial charge in [-0.2, -0.15) is 17.2 Å². The van der Waals surface area contributed by atoms with Crippen LogP contribution in [0.5, 0.6) is 0 Å². The first-order chi connectivity index (χ1) is 21.7. The first-order valence-corrected chi connectivity index (χ1v) is 19.4. The number of rotatable bonds is 10. The summed E-state index contributed by atoms with van der Waals surface area (Å²) in [5.41, 5.74) is 3.44. The van der Waals surface area contributed by atoms with Crippen LogP contribution in [0.1, 0.15) is 64.0 Å². The fourth-order valence-corrected chi connectivity index (χ4v) is 7.81. The van der Waals surface area contributed by atoms with E-state index < -0.39 is 86.0 Å². The van der Waals surface area contributed by atoms with E-state index in [4.69, 9.17) is 19.1 Å². The number of nitrogens with zero attached hydrogens (tertiary/aromatic N) is 4. The maximum absolute atomic E-state index is 14.9. The van der Waals surface area contributed by atoms with Gasteiger partial charge in [-0.25, -0.2) is 19.7 Å². The third-order valence-corrected chi connectivity index (χ3v) is 14.9. The second-order valence-corrected chi connectivity index (χ2v) is 19.7. The molecule has 0 spiro atoms. The van der Waals surface area contributed by atoms with E-state index in [0.29, 0.717) is 11.2 Å². The number of aliphatic hydroxyl groups is 2. The Kier molecular flexibility index (Phi) is 9.04. The van der Waals surface area contributed by atoms with Crippen molar-refractivity contribution in [3.05, 3.63) is 48.0 Å². The number of hydrogen-bond donors (Lipinski definition) is 4. The summed E-state index contributed by atoms with van der Waals surface area (Å²) in [4.78, 5) is 25.2. The number of halogens is 2. The van der Waals surface area contributed by atoms with Crippen LogP contribution >= 0.6 is 0 Å². The Labute approximate surface area is 272 Å². The smallest absolute Gasteiger partial charge is 0.362 e. The van der Waals surface area contributed by atoms with Gasteiger partial charge in [0.2, 0.25) is 5.91 Å². The highest BCUT2D eigenvalue weighted by molar-refractivity contribution is 7.85.